The highest BCUT2D eigenvalue weighted by Crippen LogP contribution is 2.35. The van der Waals surface area contributed by atoms with Gasteiger partial charge < -0.3 is 10.4 Å². The van der Waals surface area contributed by atoms with E-state index in [2.05, 4.69) is 26.1 Å². The van der Waals surface area contributed by atoms with Gasteiger partial charge in [-0.1, -0.05) is 117 Å². The summed E-state index contributed by atoms with van der Waals surface area (Å²) < 4.78 is 0. The van der Waals surface area contributed by atoms with Gasteiger partial charge in [-0.2, -0.15) is 0 Å². The third-order valence-electron chi connectivity index (χ3n) is 7.67. The number of nitrogens with one attached hydrogen (secondary N) is 1. The van der Waals surface area contributed by atoms with Crippen LogP contribution in [-0.4, -0.2) is 23.3 Å². The molecule has 0 heterocycles. The summed E-state index contributed by atoms with van der Waals surface area (Å²) in [6.45, 7) is 10.1. The Morgan fingerprint density at radius 3 is 1.61 bits per heavy atom. The summed E-state index contributed by atoms with van der Waals surface area (Å²) in [4.78, 5) is 0. The maximum atomic E-state index is 10.7. The van der Waals surface area contributed by atoms with Crippen molar-refractivity contribution < 1.29 is 5.11 Å². The van der Waals surface area contributed by atoms with E-state index in [1.165, 1.54) is 109 Å². The number of rotatable bonds is 19. The van der Waals surface area contributed by atoms with Gasteiger partial charge in [0.05, 0.1) is 5.60 Å². The van der Waals surface area contributed by atoms with Crippen molar-refractivity contribution in [2.45, 2.75) is 161 Å². The normalized spacial score (nSPS) is 23.8. The molecule has 2 N–H and O–H groups in total. The second-order valence-corrected chi connectivity index (χ2v) is 10.9. The topological polar surface area (TPSA) is 32.3 Å². The highest BCUT2D eigenvalue weighted by atomic mass is 79.9. The van der Waals surface area contributed by atoms with Gasteiger partial charge in [-0.15, -0.1) is 17.0 Å². The molecule has 3 atom stereocenters. The Morgan fingerprint density at radius 2 is 1.19 bits per heavy atom. The molecule has 1 fully saturated rings. The largest absolute Gasteiger partial charge is 0.389 e. The van der Waals surface area contributed by atoms with E-state index in [4.69, 9.17) is 0 Å². The highest BCUT2D eigenvalue weighted by molar-refractivity contribution is 8.93. The lowest BCUT2D eigenvalue weighted by Gasteiger charge is -2.42. The standard InChI is InChI=1S/C28H57NO.BrH/c1-5-6-7-8-9-10-11-12-13-14-15-16-17-18-19-20-23-29-27-24-26(25(2)3)21-22-28(27,4)30;/h25-27,29-30H,5-24H2,1-4H3;1H. The van der Waals surface area contributed by atoms with Crippen molar-refractivity contribution in [1.82, 2.24) is 5.32 Å². The summed E-state index contributed by atoms with van der Waals surface area (Å²) >= 11 is 0. The Bertz CT molecular complexity index is 385. The zero-order valence-corrected chi connectivity index (χ0v) is 23.4. The summed E-state index contributed by atoms with van der Waals surface area (Å²) in [6.07, 6.45) is 26.0. The number of aliphatic hydroxyl groups is 1. The average Bonchev–Trinajstić information content (AvgIpc) is 2.71. The molecule has 0 amide bonds. The summed E-state index contributed by atoms with van der Waals surface area (Å²) in [7, 11) is 0. The van der Waals surface area contributed by atoms with Crippen LogP contribution in [0.1, 0.15) is 150 Å². The first-order valence-corrected chi connectivity index (χ1v) is 13.9. The van der Waals surface area contributed by atoms with Crippen LogP contribution in [0.15, 0.2) is 0 Å². The molecule has 188 valence electrons. The molecule has 31 heavy (non-hydrogen) atoms. The van der Waals surface area contributed by atoms with E-state index in [9.17, 15) is 5.11 Å². The SMILES string of the molecule is Br.CCCCCCCCCCCCCCCCCCNC1CC(C(C)C)CCC1(C)O. The van der Waals surface area contributed by atoms with Crippen molar-refractivity contribution in [2.24, 2.45) is 11.8 Å². The van der Waals surface area contributed by atoms with Crippen LogP contribution in [0.25, 0.3) is 0 Å². The van der Waals surface area contributed by atoms with E-state index in [1.54, 1.807) is 0 Å². The van der Waals surface area contributed by atoms with Gasteiger partial charge in [0, 0.05) is 6.04 Å². The Balaban J connectivity index is 0.00000900. The molecule has 0 radical (unpaired) electrons. The van der Waals surface area contributed by atoms with Crippen molar-refractivity contribution in [3.8, 4) is 0 Å². The maximum Gasteiger partial charge on any atom is 0.0772 e. The first kappa shape index (κ1) is 31.4. The van der Waals surface area contributed by atoms with Crippen LogP contribution in [0, 0.1) is 11.8 Å². The molecule has 1 aliphatic rings. The summed E-state index contributed by atoms with van der Waals surface area (Å²) in [5.41, 5.74) is -0.513. The molecule has 0 aliphatic heterocycles. The molecule has 0 spiro atoms. The second-order valence-electron chi connectivity index (χ2n) is 10.9. The van der Waals surface area contributed by atoms with Crippen LogP contribution in [0.4, 0.5) is 0 Å². The van der Waals surface area contributed by atoms with Crippen molar-refractivity contribution in [2.75, 3.05) is 6.54 Å². The first-order valence-electron chi connectivity index (χ1n) is 13.9. The van der Waals surface area contributed by atoms with Gasteiger partial charge in [0.25, 0.3) is 0 Å². The van der Waals surface area contributed by atoms with Gasteiger partial charge in [-0.3, -0.25) is 0 Å². The number of halogens is 1. The lowest BCUT2D eigenvalue weighted by atomic mass is 9.72. The molecule has 0 aromatic carbocycles. The fourth-order valence-electron chi connectivity index (χ4n) is 5.18. The Kier molecular flexibility index (Phi) is 20.1. The van der Waals surface area contributed by atoms with Gasteiger partial charge in [-0.25, -0.2) is 0 Å². The molecular weight excluding hydrogens is 446 g/mol. The second kappa shape index (κ2) is 19.8. The Labute approximate surface area is 206 Å². The monoisotopic (exact) mass is 503 g/mol. The van der Waals surface area contributed by atoms with Gasteiger partial charge in [-0.05, 0) is 51.0 Å². The minimum absolute atomic E-state index is 0. The third kappa shape index (κ3) is 15.8. The number of hydrogen-bond donors (Lipinski definition) is 2. The summed E-state index contributed by atoms with van der Waals surface area (Å²) in [5.74, 6) is 1.51. The van der Waals surface area contributed by atoms with E-state index in [1.807, 2.05) is 6.92 Å². The van der Waals surface area contributed by atoms with E-state index in [-0.39, 0.29) is 23.0 Å². The fraction of sp³-hybridized carbons (Fsp3) is 1.00. The number of hydrogen-bond acceptors (Lipinski definition) is 2. The zero-order chi connectivity index (χ0) is 22.1. The van der Waals surface area contributed by atoms with Crippen molar-refractivity contribution >= 4 is 17.0 Å². The maximum absolute atomic E-state index is 10.7. The molecule has 1 saturated carbocycles. The highest BCUT2D eigenvalue weighted by Gasteiger charge is 2.38. The van der Waals surface area contributed by atoms with E-state index < -0.39 is 5.60 Å². The van der Waals surface area contributed by atoms with E-state index in [0.717, 1.165) is 31.2 Å². The number of unbranched alkanes of at least 4 members (excludes halogenated alkanes) is 15. The Hall–Kier alpha value is 0.400. The van der Waals surface area contributed by atoms with Crippen LogP contribution in [0.5, 0.6) is 0 Å². The predicted octanol–water partition coefficient (Wildman–Crippen LogP) is 8.99. The average molecular weight is 505 g/mol. The molecule has 2 nitrogen and oxygen atoms in total. The van der Waals surface area contributed by atoms with Gasteiger partial charge in [0.15, 0.2) is 0 Å². The van der Waals surface area contributed by atoms with Crippen LogP contribution >= 0.6 is 17.0 Å². The quantitative estimate of drug-likeness (QED) is 0.172. The molecular formula is C28H58BrNO. The van der Waals surface area contributed by atoms with Crippen LogP contribution in [-0.2, 0) is 0 Å². The van der Waals surface area contributed by atoms with Gasteiger partial charge in [0.1, 0.15) is 0 Å². The summed E-state index contributed by atoms with van der Waals surface area (Å²) in [5, 5.41) is 14.4. The molecule has 0 saturated heterocycles. The van der Waals surface area contributed by atoms with Gasteiger partial charge >= 0.3 is 0 Å². The molecule has 0 bridgehead atoms. The zero-order valence-electron chi connectivity index (χ0n) is 21.7. The molecule has 3 unspecified atom stereocenters. The smallest absolute Gasteiger partial charge is 0.0772 e. The third-order valence-corrected chi connectivity index (χ3v) is 7.67. The van der Waals surface area contributed by atoms with Crippen molar-refractivity contribution in [1.29, 1.82) is 0 Å². The minimum Gasteiger partial charge on any atom is -0.389 e. The fourth-order valence-corrected chi connectivity index (χ4v) is 5.18. The molecule has 0 aromatic heterocycles. The van der Waals surface area contributed by atoms with Crippen LogP contribution < -0.4 is 5.32 Å². The lowest BCUT2D eigenvalue weighted by molar-refractivity contribution is -0.0302. The van der Waals surface area contributed by atoms with Crippen molar-refractivity contribution in [3.05, 3.63) is 0 Å². The van der Waals surface area contributed by atoms with E-state index >= 15 is 0 Å². The Morgan fingerprint density at radius 1 is 0.774 bits per heavy atom. The molecule has 1 rings (SSSR count). The van der Waals surface area contributed by atoms with Crippen LogP contribution in [0.3, 0.4) is 0 Å². The lowest BCUT2D eigenvalue weighted by Crippen LogP contribution is -2.53. The summed E-state index contributed by atoms with van der Waals surface area (Å²) in [6, 6.07) is 0.287. The van der Waals surface area contributed by atoms with Crippen molar-refractivity contribution in [3.63, 3.8) is 0 Å². The van der Waals surface area contributed by atoms with Gasteiger partial charge in [0.2, 0.25) is 0 Å². The predicted molar refractivity (Wildman–Crippen MR) is 144 cm³/mol. The molecule has 3 heteroatoms. The van der Waals surface area contributed by atoms with Crippen LogP contribution in [0.2, 0.25) is 0 Å². The minimum atomic E-state index is -0.513. The first-order chi connectivity index (χ1) is 14.5. The molecule has 0 aromatic rings. The van der Waals surface area contributed by atoms with E-state index in [0.29, 0.717) is 0 Å². The molecule has 1 aliphatic carbocycles.